The third-order valence-electron chi connectivity index (χ3n) is 5.51. The molecule has 0 bridgehead atoms. The molecule has 2 aliphatic rings. The first kappa shape index (κ1) is 18.0. The van der Waals surface area contributed by atoms with Crippen LogP contribution in [0.1, 0.15) is 66.4 Å². The summed E-state index contributed by atoms with van der Waals surface area (Å²) >= 11 is -0.976. The smallest absolute Gasteiger partial charge is 0.196 e. The Morgan fingerprint density at radius 1 is 1.04 bits per heavy atom. The molecule has 2 aromatic rings. The molecule has 1 aromatic carbocycles. The summed E-state index contributed by atoms with van der Waals surface area (Å²) < 4.78 is 12.7. The molecular weight excluding hydrogens is 344 g/mol. The Balaban J connectivity index is 1.67. The Bertz CT molecular complexity index is 757. The largest absolute Gasteiger partial charge is 0.611 e. The van der Waals surface area contributed by atoms with Gasteiger partial charge < -0.3 is 9.66 Å². The minimum Gasteiger partial charge on any atom is -0.611 e. The number of hydrogen-bond acceptors (Lipinski definition) is 4. The highest BCUT2D eigenvalue weighted by molar-refractivity contribution is 7.91. The van der Waals surface area contributed by atoms with Gasteiger partial charge in [0.15, 0.2) is 4.90 Å². The highest BCUT2D eigenvalue weighted by Gasteiger charge is 2.31. The van der Waals surface area contributed by atoms with E-state index in [-0.39, 0.29) is 6.61 Å². The van der Waals surface area contributed by atoms with E-state index in [1.807, 2.05) is 0 Å². The van der Waals surface area contributed by atoms with Crippen LogP contribution in [-0.2, 0) is 30.4 Å². The standard InChI is InChI=1S/C21H26N2O2S/c24-12-11-15-7-9-16(10-8-15)14-19-20-18(6-3-13-26(20)25)22-21(23-19)17-4-1-2-5-17/h7-10,17,24H,1-6,11-14H2. The molecule has 1 aliphatic carbocycles. The van der Waals surface area contributed by atoms with Crippen molar-refractivity contribution in [3.05, 3.63) is 52.6 Å². The summed E-state index contributed by atoms with van der Waals surface area (Å²) in [5.74, 6) is 2.18. The van der Waals surface area contributed by atoms with E-state index >= 15 is 0 Å². The van der Waals surface area contributed by atoms with Crippen molar-refractivity contribution in [3.63, 3.8) is 0 Å². The molecule has 0 amide bonds. The number of aliphatic hydroxyl groups is 1. The maximum atomic E-state index is 12.7. The van der Waals surface area contributed by atoms with Crippen LogP contribution in [0.2, 0.25) is 0 Å². The molecule has 0 spiro atoms. The zero-order valence-corrected chi connectivity index (χ0v) is 15.9. The summed E-state index contributed by atoms with van der Waals surface area (Å²) in [4.78, 5) is 10.7. The van der Waals surface area contributed by atoms with Crippen LogP contribution in [0.3, 0.4) is 0 Å². The van der Waals surface area contributed by atoms with Gasteiger partial charge in [-0.05, 0) is 54.4 Å². The van der Waals surface area contributed by atoms with Gasteiger partial charge in [-0.2, -0.15) is 0 Å². The second kappa shape index (κ2) is 8.07. The minimum atomic E-state index is -0.976. The van der Waals surface area contributed by atoms with Crippen molar-refractivity contribution >= 4 is 11.2 Å². The second-order valence-corrected chi connectivity index (χ2v) is 8.91. The van der Waals surface area contributed by atoms with Gasteiger partial charge in [-0.1, -0.05) is 37.1 Å². The molecule has 1 aliphatic heterocycles. The fourth-order valence-electron chi connectivity index (χ4n) is 4.11. The summed E-state index contributed by atoms with van der Waals surface area (Å²) in [7, 11) is 0. The first-order chi connectivity index (χ1) is 12.7. The molecule has 2 heterocycles. The summed E-state index contributed by atoms with van der Waals surface area (Å²) in [6, 6.07) is 8.32. The van der Waals surface area contributed by atoms with Crippen LogP contribution >= 0.6 is 0 Å². The molecule has 26 heavy (non-hydrogen) atoms. The Labute approximate surface area is 158 Å². The van der Waals surface area contributed by atoms with E-state index in [0.717, 1.165) is 46.3 Å². The third kappa shape index (κ3) is 3.80. The number of aliphatic hydroxyl groups excluding tert-OH is 1. The molecule has 4 nitrogen and oxygen atoms in total. The van der Waals surface area contributed by atoms with E-state index in [1.165, 1.54) is 31.2 Å². The average molecular weight is 371 g/mol. The Kier molecular flexibility index (Phi) is 5.57. The maximum Gasteiger partial charge on any atom is 0.196 e. The second-order valence-electron chi connectivity index (χ2n) is 7.41. The molecule has 1 atom stereocenters. The fraction of sp³-hybridized carbons (Fsp3) is 0.524. The first-order valence-electron chi connectivity index (χ1n) is 9.71. The van der Waals surface area contributed by atoms with Crippen LogP contribution in [0.5, 0.6) is 0 Å². The first-order valence-corrected chi connectivity index (χ1v) is 11.0. The lowest BCUT2D eigenvalue weighted by Crippen LogP contribution is -2.22. The highest BCUT2D eigenvalue weighted by atomic mass is 32.2. The zero-order chi connectivity index (χ0) is 17.9. The van der Waals surface area contributed by atoms with Crippen LogP contribution < -0.4 is 0 Å². The number of aromatic nitrogens is 2. The maximum absolute atomic E-state index is 12.7. The van der Waals surface area contributed by atoms with E-state index in [4.69, 9.17) is 15.1 Å². The van der Waals surface area contributed by atoms with Crippen LogP contribution in [-0.4, -0.2) is 32.0 Å². The minimum absolute atomic E-state index is 0.169. The van der Waals surface area contributed by atoms with Crippen molar-refractivity contribution in [3.8, 4) is 0 Å². The monoisotopic (exact) mass is 370 g/mol. The summed E-state index contributed by atoms with van der Waals surface area (Å²) in [5.41, 5.74) is 4.30. The van der Waals surface area contributed by atoms with Gasteiger partial charge in [0, 0.05) is 18.9 Å². The number of rotatable bonds is 5. The molecule has 1 unspecified atom stereocenters. The number of fused-ring (bicyclic) bond motifs is 1. The normalized spacial score (nSPS) is 20.3. The lowest BCUT2D eigenvalue weighted by molar-refractivity contribution is 0.299. The Morgan fingerprint density at radius 3 is 2.50 bits per heavy atom. The SMILES string of the molecule is [O-][S+]1CCCc2nc(C3CCCC3)nc(Cc3ccc(CCO)cc3)c21. The Hall–Kier alpha value is -1.43. The lowest BCUT2D eigenvalue weighted by atomic mass is 10.0. The predicted molar refractivity (Wildman–Crippen MR) is 103 cm³/mol. The number of benzene rings is 1. The van der Waals surface area contributed by atoms with Gasteiger partial charge in [0.1, 0.15) is 17.3 Å². The van der Waals surface area contributed by atoms with Crippen molar-refractivity contribution in [2.75, 3.05) is 12.4 Å². The van der Waals surface area contributed by atoms with Gasteiger partial charge in [0.25, 0.3) is 0 Å². The van der Waals surface area contributed by atoms with Crippen LogP contribution in [0, 0.1) is 0 Å². The lowest BCUT2D eigenvalue weighted by Gasteiger charge is -2.22. The average Bonchev–Trinajstić information content (AvgIpc) is 3.18. The van der Waals surface area contributed by atoms with Crippen molar-refractivity contribution < 1.29 is 9.66 Å². The van der Waals surface area contributed by atoms with Crippen molar-refractivity contribution in [1.82, 2.24) is 9.97 Å². The fourth-order valence-corrected chi connectivity index (χ4v) is 5.51. The van der Waals surface area contributed by atoms with Crippen LogP contribution in [0.25, 0.3) is 0 Å². The van der Waals surface area contributed by atoms with Crippen molar-refractivity contribution in [2.24, 2.45) is 0 Å². The number of hydrogen-bond donors (Lipinski definition) is 1. The third-order valence-corrected chi connectivity index (χ3v) is 7.10. The predicted octanol–water partition coefficient (Wildman–Crippen LogP) is 3.31. The van der Waals surface area contributed by atoms with Crippen molar-refractivity contribution in [2.45, 2.75) is 62.2 Å². The van der Waals surface area contributed by atoms with Crippen LogP contribution in [0.15, 0.2) is 29.2 Å². The van der Waals surface area contributed by atoms with Gasteiger partial charge >= 0.3 is 0 Å². The van der Waals surface area contributed by atoms with Crippen molar-refractivity contribution in [1.29, 1.82) is 0 Å². The molecule has 138 valence electrons. The van der Waals surface area contributed by atoms with Crippen LogP contribution in [0.4, 0.5) is 0 Å². The van der Waals surface area contributed by atoms with Gasteiger partial charge in [-0.15, -0.1) is 0 Å². The van der Waals surface area contributed by atoms with Gasteiger partial charge in [0.05, 0.1) is 5.69 Å². The Morgan fingerprint density at radius 2 is 1.77 bits per heavy atom. The topological polar surface area (TPSA) is 69.1 Å². The van der Waals surface area contributed by atoms with E-state index in [1.54, 1.807) is 0 Å². The van der Waals surface area contributed by atoms with Gasteiger partial charge in [-0.3, -0.25) is 0 Å². The van der Waals surface area contributed by atoms with E-state index in [2.05, 4.69) is 24.3 Å². The highest BCUT2D eigenvalue weighted by Crippen LogP contribution is 2.35. The van der Waals surface area contributed by atoms with Gasteiger partial charge in [0.2, 0.25) is 0 Å². The number of aryl methyl sites for hydroxylation is 1. The molecular formula is C21H26N2O2S. The molecule has 0 saturated heterocycles. The number of nitrogens with zero attached hydrogens (tertiary/aromatic N) is 2. The molecule has 1 fully saturated rings. The molecule has 1 aromatic heterocycles. The molecule has 5 heteroatoms. The summed E-state index contributed by atoms with van der Waals surface area (Å²) in [6.45, 7) is 0.169. The molecule has 1 saturated carbocycles. The van der Waals surface area contributed by atoms with E-state index in [0.29, 0.717) is 18.8 Å². The quantitative estimate of drug-likeness (QED) is 0.820. The molecule has 1 N–H and O–H groups in total. The summed E-state index contributed by atoms with van der Waals surface area (Å²) in [6.07, 6.45) is 8.14. The van der Waals surface area contributed by atoms with E-state index in [9.17, 15) is 4.55 Å². The van der Waals surface area contributed by atoms with E-state index < -0.39 is 11.2 Å². The molecule has 0 radical (unpaired) electrons. The molecule has 4 rings (SSSR count). The van der Waals surface area contributed by atoms with Gasteiger partial charge in [-0.25, -0.2) is 9.97 Å². The summed E-state index contributed by atoms with van der Waals surface area (Å²) in [5, 5.41) is 9.07. The zero-order valence-electron chi connectivity index (χ0n) is 15.1.